The molecule has 1 aliphatic rings. The fraction of sp³-hybridized carbons (Fsp3) is 0.0588. The minimum absolute atomic E-state index is 0. The van der Waals surface area contributed by atoms with E-state index in [-0.39, 0.29) is 28.2 Å². The second kappa shape index (κ2) is 15.2. The Bertz CT molecular complexity index is 755. The van der Waals surface area contributed by atoms with Gasteiger partial charge in [0.15, 0.2) is 0 Å². The Morgan fingerprint density at radius 2 is 1.29 bits per heavy atom. The van der Waals surface area contributed by atoms with Gasteiger partial charge in [-0.3, -0.25) is 0 Å². The van der Waals surface area contributed by atoms with Crippen LogP contribution in [-0.4, -0.2) is 36.2 Å². The van der Waals surface area contributed by atoms with Crippen LogP contribution in [0, 0.1) is 19.7 Å². The molecule has 142 valence electrons. The number of aromatic nitrogens is 6. The zero-order valence-corrected chi connectivity index (χ0v) is 16.9. The van der Waals surface area contributed by atoms with Crippen molar-refractivity contribution in [2.24, 2.45) is 0 Å². The molecule has 9 nitrogen and oxygen atoms in total. The number of rotatable bonds is 3. The predicted molar refractivity (Wildman–Crippen MR) is 94.8 cm³/mol. The van der Waals surface area contributed by atoms with Crippen molar-refractivity contribution in [3.05, 3.63) is 99.3 Å². The van der Waals surface area contributed by atoms with E-state index in [1.54, 1.807) is 44.9 Å². The smallest absolute Gasteiger partial charge is 0.260 e. The monoisotopic (exact) mass is 461 g/mol. The number of hydrogen-bond acceptors (Lipinski definition) is 4. The summed E-state index contributed by atoms with van der Waals surface area (Å²) in [6.07, 6.45) is 18.1. The summed E-state index contributed by atoms with van der Waals surface area (Å²) in [6, 6.07) is 5.62. The Balaban J connectivity index is 0.000000516. The first-order valence-corrected chi connectivity index (χ1v) is 7.55. The molecule has 4 heterocycles. The molecule has 28 heavy (non-hydrogen) atoms. The minimum atomic E-state index is -0.194. The molecule has 0 amide bonds. The molecule has 0 unspecified atom stereocenters. The molecule has 0 saturated carbocycles. The van der Waals surface area contributed by atoms with Crippen molar-refractivity contribution in [1.82, 2.24) is 29.1 Å². The average Bonchev–Trinajstić information content (AvgIpc) is 3.51. The van der Waals surface area contributed by atoms with Crippen LogP contribution in [0.1, 0.15) is 6.92 Å². The Labute approximate surface area is 177 Å². The van der Waals surface area contributed by atoms with E-state index in [0.717, 1.165) is 5.57 Å². The van der Waals surface area contributed by atoms with Crippen LogP contribution in [0.3, 0.4) is 0 Å². The van der Waals surface area contributed by atoms with Gasteiger partial charge in [-0.1, -0.05) is 0 Å². The minimum Gasteiger partial charge on any atom is -0.425 e. The molecule has 4 rings (SSSR count). The molecule has 2 radical (unpaired) electrons. The molecule has 0 bridgehead atoms. The Hall–Kier alpha value is -2.86. The van der Waals surface area contributed by atoms with Crippen LogP contribution in [-0.2, 0) is 35.1 Å². The maximum atomic E-state index is 7.50. The Kier molecular flexibility index (Phi) is 13.7. The van der Waals surface area contributed by atoms with Gasteiger partial charge in [0.2, 0.25) is 0 Å². The fourth-order valence-corrected chi connectivity index (χ4v) is 2.04. The Morgan fingerprint density at radius 3 is 1.50 bits per heavy atom. The summed E-state index contributed by atoms with van der Waals surface area (Å²) in [5.74, 6) is 0. The molecule has 0 fully saturated rings. The second-order valence-electron chi connectivity index (χ2n) is 4.80. The zero-order valence-electron chi connectivity index (χ0n) is 14.9. The van der Waals surface area contributed by atoms with Crippen LogP contribution in [0.4, 0.5) is 0 Å². The summed E-state index contributed by atoms with van der Waals surface area (Å²) in [5.41, 5.74) is 1.16. The van der Waals surface area contributed by atoms with Crippen LogP contribution in [0.15, 0.2) is 79.6 Å². The summed E-state index contributed by atoms with van der Waals surface area (Å²) in [5, 5.41) is 12.7. The molecule has 0 aliphatic carbocycles. The summed E-state index contributed by atoms with van der Waals surface area (Å²) in [6.45, 7) is 11.0. The van der Waals surface area contributed by atoms with Gasteiger partial charge >= 0.3 is 22.6 Å². The van der Waals surface area contributed by atoms with Crippen LogP contribution in [0.5, 0.6) is 0 Å². The van der Waals surface area contributed by atoms with E-state index in [1.807, 2.05) is 56.2 Å². The van der Waals surface area contributed by atoms with Crippen LogP contribution < -0.4 is 0 Å². The topological polar surface area (TPSA) is 102 Å². The van der Waals surface area contributed by atoms with Gasteiger partial charge in [-0.2, -0.15) is 0 Å². The standard InChI is InChI=1S/C9H9BN6.C6H7O.2CO.Mo/c1-4-11-14(7-1)10(15-8-2-5-12-15)16-9-3-6-13-16;1-6-3-2-4-7-5-6;2*1-2;/h1-9H;2-5H,1H3;;;/q-1;;;;. The first-order valence-electron chi connectivity index (χ1n) is 7.55. The predicted octanol–water partition coefficient (Wildman–Crippen LogP) is 1.77. The number of ether oxygens (including phenoxy) is 1. The van der Waals surface area contributed by atoms with E-state index in [4.69, 9.17) is 14.0 Å². The maximum Gasteiger partial charge on any atom is 0.260 e. The van der Waals surface area contributed by atoms with E-state index in [9.17, 15) is 0 Å². The molecule has 3 aromatic heterocycles. The molecule has 0 spiro atoms. The molecule has 0 saturated heterocycles. The zero-order chi connectivity index (χ0) is 19.9. The van der Waals surface area contributed by atoms with Gasteiger partial charge in [-0.15, -0.1) is 0 Å². The van der Waals surface area contributed by atoms with Gasteiger partial charge in [-0.05, 0) is 55.4 Å². The second-order valence-corrected chi connectivity index (χ2v) is 4.80. The van der Waals surface area contributed by atoms with Gasteiger partial charge in [0.25, 0.3) is 7.12 Å². The van der Waals surface area contributed by atoms with Gasteiger partial charge in [0.05, 0.1) is 12.5 Å². The number of nitrogens with zero attached hydrogens (tertiary/aromatic N) is 6. The van der Waals surface area contributed by atoms with Gasteiger partial charge in [0, 0.05) is 46.1 Å². The molecular formula is C17H16BMoN6O3-. The van der Waals surface area contributed by atoms with E-state index < -0.39 is 0 Å². The third kappa shape index (κ3) is 7.80. The van der Waals surface area contributed by atoms with Crippen molar-refractivity contribution < 1.29 is 35.1 Å². The van der Waals surface area contributed by atoms with Crippen molar-refractivity contribution in [2.45, 2.75) is 6.92 Å². The summed E-state index contributed by atoms with van der Waals surface area (Å²) in [4.78, 5) is 0. The van der Waals surface area contributed by atoms with E-state index in [2.05, 4.69) is 28.6 Å². The summed E-state index contributed by atoms with van der Waals surface area (Å²) >= 11 is 0. The molecule has 0 aromatic carbocycles. The van der Waals surface area contributed by atoms with E-state index in [1.165, 1.54) is 0 Å². The first-order chi connectivity index (χ1) is 13.3. The first kappa shape index (κ1) is 25.1. The molecule has 0 atom stereocenters. The van der Waals surface area contributed by atoms with Crippen molar-refractivity contribution in [1.29, 1.82) is 0 Å². The average molecular weight is 459 g/mol. The molecule has 1 aliphatic heterocycles. The third-order valence-electron chi connectivity index (χ3n) is 3.05. The fourth-order valence-electron chi connectivity index (χ4n) is 2.04. The molecule has 3 aromatic rings. The molecule has 0 N–H and O–H groups in total. The molecular weight excluding hydrogens is 443 g/mol. The SMILES string of the molecule is CC1=COC=C[CH]1.[C-]#[O+].[C-]#[O+].[Mo].c1cnn([B-](n2cccn2)n2cccn2)c1. The van der Waals surface area contributed by atoms with Crippen molar-refractivity contribution in [3.8, 4) is 0 Å². The summed E-state index contributed by atoms with van der Waals surface area (Å²) in [7, 11) is -0.194. The summed E-state index contributed by atoms with van der Waals surface area (Å²) < 4.78 is 25.2. The van der Waals surface area contributed by atoms with Crippen molar-refractivity contribution in [2.75, 3.05) is 0 Å². The number of allylic oxidation sites excluding steroid dienone is 2. The van der Waals surface area contributed by atoms with Crippen LogP contribution >= 0.6 is 0 Å². The largest absolute Gasteiger partial charge is 0.425 e. The van der Waals surface area contributed by atoms with E-state index >= 15 is 0 Å². The van der Waals surface area contributed by atoms with Crippen LogP contribution in [0.25, 0.3) is 0 Å². The van der Waals surface area contributed by atoms with Crippen molar-refractivity contribution >= 4 is 7.12 Å². The van der Waals surface area contributed by atoms with Gasteiger partial charge in [0.1, 0.15) is 0 Å². The van der Waals surface area contributed by atoms with Crippen molar-refractivity contribution in [3.63, 3.8) is 0 Å². The molecule has 11 heteroatoms. The quantitative estimate of drug-likeness (QED) is 0.339. The van der Waals surface area contributed by atoms with Crippen LogP contribution in [0.2, 0.25) is 0 Å². The number of hydrogen-bond donors (Lipinski definition) is 0. The van der Waals surface area contributed by atoms with Gasteiger partial charge in [-0.25, -0.2) is 15.3 Å². The Morgan fingerprint density at radius 1 is 0.857 bits per heavy atom. The van der Waals surface area contributed by atoms with E-state index in [0.29, 0.717) is 0 Å². The van der Waals surface area contributed by atoms with Gasteiger partial charge < -0.3 is 18.5 Å². The normalized spacial score (nSPS) is 11.0. The maximum absolute atomic E-state index is 7.50. The third-order valence-corrected chi connectivity index (χ3v) is 3.05.